The van der Waals surface area contributed by atoms with Crippen LogP contribution in [0.25, 0.3) is 0 Å². The van der Waals surface area contributed by atoms with Gasteiger partial charge in [0.25, 0.3) is 11.8 Å². The molecule has 2 amide bonds. The van der Waals surface area contributed by atoms with Crippen molar-refractivity contribution in [2.75, 3.05) is 30.0 Å². The number of esters is 1. The van der Waals surface area contributed by atoms with Crippen LogP contribution in [-0.2, 0) is 19.4 Å². The minimum absolute atomic E-state index is 0.0558. The molecule has 9 nitrogen and oxygen atoms in total. The van der Waals surface area contributed by atoms with Gasteiger partial charge in [0, 0.05) is 12.6 Å². The SMILES string of the molecule is Cc1cc(NC(=O)c2ccco2)sc1C(=O)OCC(=O)N(CC(C)C)C1CCS(=O)(=O)C1. The summed E-state index contributed by atoms with van der Waals surface area (Å²) in [6, 6.07) is 4.35. The lowest BCUT2D eigenvalue weighted by atomic mass is 10.1. The Labute approximate surface area is 190 Å². The van der Waals surface area contributed by atoms with Crippen LogP contribution in [-0.4, -0.2) is 61.8 Å². The second-order valence-electron chi connectivity index (χ2n) is 8.13. The van der Waals surface area contributed by atoms with Crippen LogP contribution in [0.5, 0.6) is 0 Å². The highest BCUT2D eigenvalue weighted by atomic mass is 32.2. The Balaban J connectivity index is 1.62. The number of thiophene rings is 1. The summed E-state index contributed by atoms with van der Waals surface area (Å²) < 4.78 is 34.0. The molecule has 1 aliphatic heterocycles. The minimum Gasteiger partial charge on any atom is -0.459 e. The van der Waals surface area contributed by atoms with E-state index in [2.05, 4.69) is 5.32 Å². The van der Waals surface area contributed by atoms with Gasteiger partial charge in [-0.05, 0) is 43.0 Å². The number of hydrogen-bond donors (Lipinski definition) is 1. The smallest absolute Gasteiger partial charge is 0.349 e. The molecule has 2 aromatic rings. The number of nitrogens with zero attached hydrogens (tertiary/aromatic N) is 1. The van der Waals surface area contributed by atoms with Crippen LogP contribution in [0, 0.1) is 12.8 Å². The van der Waals surface area contributed by atoms with Crippen molar-refractivity contribution in [3.8, 4) is 0 Å². The van der Waals surface area contributed by atoms with E-state index in [-0.39, 0.29) is 28.1 Å². The molecule has 1 N–H and O–H groups in total. The standard InChI is InChI=1S/C21H26N2O7S2/c1-13(2)10-23(15-6-8-32(27,28)12-15)18(24)11-30-21(26)19-14(3)9-17(31-19)22-20(25)16-5-4-7-29-16/h4-5,7,9,13,15H,6,8,10-12H2,1-3H3,(H,22,25). The van der Waals surface area contributed by atoms with Gasteiger partial charge in [-0.25, -0.2) is 13.2 Å². The summed E-state index contributed by atoms with van der Waals surface area (Å²) >= 11 is 1.04. The average molecular weight is 483 g/mol. The maximum Gasteiger partial charge on any atom is 0.349 e. The number of hydrogen-bond acceptors (Lipinski definition) is 8. The molecule has 1 fully saturated rings. The second kappa shape index (κ2) is 9.86. The normalized spacial score (nSPS) is 17.3. The number of anilines is 1. The van der Waals surface area contributed by atoms with E-state index < -0.39 is 40.3 Å². The monoisotopic (exact) mass is 482 g/mol. The molecule has 174 valence electrons. The fraction of sp³-hybridized carbons (Fsp3) is 0.476. The predicted molar refractivity (Wildman–Crippen MR) is 120 cm³/mol. The number of rotatable bonds is 8. The molecule has 3 heterocycles. The maximum atomic E-state index is 12.8. The third-order valence-electron chi connectivity index (χ3n) is 4.94. The second-order valence-corrected chi connectivity index (χ2v) is 11.4. The minimum atomic E-state index is -3.15. The van der Waals surface area contributed by atoms with Crippen molar-refractivity contribution in [3.63, 3.8) is 0 Å². The van der Waals surface area contributed by atoms with Crippen molar-refractivity contribution < 1.29 is 32.0 Å². The first-order valence-electron chi connectivity index (χ1n) is 10.2. The van der Waals surface area contributed by atoms with Crippen LogP contribution in [0.2, 0.25) is 0 Å². The molecule has 0 bridgehead atoms. The van der Waals surface area contributed by atoms with Gasteiger partial charge in [-0.2, -0.15) is 0 Å². The lowest BCUT2D eigenvalue weighted by Crippen LogP contribution is -2.45. The molecule has 1 saturated heterocycles. The zero-order valence-electron chi connectivity index (χ0n) is 18.1. The number of amides is 2. The number of sulfone groups is 1. The van der Waals surface area contributed by atoms with Crippen molar-refractivity contribution in [2.24, 2.45) is 5.92 Å². The highest BCUT2D eigenvalue weighted by Gasteiger charge is 2.35. The number of ether oxygens (including phenoxy) is 1. The quantitative estimate of drug-likeness (QED) is 0.574. The van der Waals surface area contributed by atoms with Crippen molar-refractivity contribution in [1.82, 2.24) is 4.90 Å². The number of carbonyl (C=O) groups excluding carboxylic acids is 3. The molecule has 0 aliphatic carbocycles. The molecule has 1 atom stereocenters. The maximum absolute atomic E-state index is 12.8. The van der Waals surface area contributed by atoms with Crippen LogP contribution < -0.4 is 5.32 Å². The lowest BCUT2D eigenvalue weighted by Gasteiger charge is -2.29. The largest absolute Gasteiger partial charge is 0.459 e. The molecule has 3 rings (SSSR count). The Morgan fingerprint density at radius 3 is 2.69 bits per heavy atom. The van der Waals surface area contributed by atoms with Gasteiger partial charge in [-0.3, -0.25) is 9.59 Å². The van der Waals surface area contributed by atoms with E-state index in [1.54, 1.807) is 19.1 Å². The van der Waals surface area contributed by atoms with Gasteiger partial charge in [0.2, 0.25) is 0 Å². The molecule has 32 heavy (non-hydrogen) atoms. The van der Waals surface area contributed by atoms with Crippen molar-refractivity contribution in [2.45, 2.75) is 33.2 Å². The summed E-state index contributed by atoms with van der Waals surface area (Å²) in [5.74, 6) is -1.27. The molecular formula is C21H26N2O7S2. The molecule has 0 radical (unpaired) electrons. The van der Waals surface area contributed by atoms with Gasteiger partial charge >= 0.3 is 5.97 Å². The molecule has 1 unspecified atom stereocenters. The first-order chi connectivity index (χ1) is 15.1. The number of furan rings is 1. The molecule has 0 aromatic carbocycles. The highest BCUT2D eigenvalue weighted by molar-refractivity contribution is 7.91. The third-order valence-corrected chi connectivity index (χ3v) is 7.83. The molecule has 11 heteroatoms. The van der Waals surface area contributed by atoms with E-state index in [0.29, 0.717) is 23.5 Å². The van der Waals surface area contributed by atoms with E-state index in [9.17, 15) is 22.8 Å². The van der Waals surface area contributed by atoms with E-state index in [1.807, 2.05) is 13.8 Å². The summed E-state index contributed by atoms with van der Waals surface area (Å²) in [6.07, 6.45) is 1.77. The van der Waals surface area contributed by atoms with Crippen LogP contribution in [0.1, 0.15) is 46.1 Å². The van der Waals surface area contributed by atoms with Crippen molar-refractivity contribution in [3.05, 3.63) is 40.7 Å². The summed E-state index contributed by atoms with van der Waals surface area (Å²) in [5.41, 5.74) is 0.600. The fourth-order valence-corrected chi connectivity index (χ4v) is 6.16. The molecule has 0 saturated carbocycles. The molecule has 2 aromatic heterocycles. The zero-order valence-corrected chi connectivity index (χ0v) is 19.8. The summed E-state index contributed by atoms with van der Waals surface area (Å²) in [4.78, 5) is 39.2. The van der Waals surface area contributed by atoms with Crippen LogP contribution in [0.15, 0.2) is 28.9 Å². The summed E-state index contributed by atoms with van der Waals surface area (Å²) in [6.45, 7) is 5.48. The number of aryl methyl sites for hydroxylation is 1. The Bertz CT molecular complexity index is 1090. The topological polar surface area (TPSA) is 123 Å². The number of carbonyl (C=O) groups is 3. The lowest BCUT2D eigenvalue weighted by molar-refractivity contribution is -0.137. The van der Waals surface area contributed by atoms with E-state index in [1.165, 1.54) is 17.2 Å². The van der Waals surface area contributed by atoms with Crippen LogP contribution in [0.3, 0.4) is 0 Å². The first kappa shape index (κ1) is 24.0. The Morgan fingerprint density at radius 2 is 2.09 bits per heavy atom. The van der Waals surface area contributed by atoms with E-state index in [4.69, 9.17) is 9.15 Å². The molecule has 0 spiro atoms. The van der Waals surface area contributed by atoms with Gasteiger partial charge in [0.1, 0.15) is 4.88 Å². The highest BCUT2D eigenvalue weighted by Crippen LogP contribution is 2.28. The Hall–Kier alpha value is -2.66. The molecular weight excluding hydrogens is 456 g/mol. The predicted octanol–water partition coefficient (Wildman–Crippen LogP) is 2.73. The number of nitrogens with one attached hydrogen (secondary N) is 1. The average Bonchev–Trinajstić information content (AvgIpc) is 3.44. The van der Waals surface area contributed by atoms with Crippen LogP contribution in [0.4, 0.5) is 5.00 Å². The van der Waals surface area contributed by atoms with Gasteiger partial charge in [0.15, 0.2) is 22.2 Å². The Morgan fingerprint density at radius 1 is 1.34 bits per heavy atom. The molecule has 1 aliphatic rings. The van der Waals surface area contributed by atoms with Gasteiger partial charge in [0.05, 0.1) is 22.8 Å². The summed E-state index contributed by atoms with van der Waals surface area (Å²) in [7, 11) is -3.15. The van der Waals surface area contributed by atoms with Gasteiger partial charge < -0.3 is 19.4 Å². The van der Waals surface area contributed by atoms with Gasteiger partial charge in [-0.1, -0.05) is 13.8 Å². The van der Waals surface area contributed by atoms with Gasteiger partial charge in [-0.15, -0.1) is 11.3 Å². The first-order valence-corrected chi connectivity index (χ1v) is 12.8. The van der Waals surface area contributed by atoms with E-state index >= 15 is 0 Å². The summed E-state index contributed by atoms with van der Waals surface area (Å²) in [5, 5.41) is 3.10. The van der Waals surface area contributed by atoms with Crippen LogP contribution >= 0.6 is 11.3 Å². The van der Waals surface area contributed by atoms with Crippen molar-refractivity contribution >= 4 is 44.0 Å². The Kier molecular flexibility index (Phi) is 7.40. The van der Waals surface area contributed by atoms with Crippen molar-refractivity contribution in [1.29, 1.82) is 0 Å². The zero-order chi connectivity index (χ0) is 23.5. The van der Waals surface area contributed by atoms with E-state index in [0.717, 1.165) is 11.3 Å². The fourth-order valence-electron chi connectivity index (χ4n) is 3.47. The third kappa shape index (κ3) is 5.98.